The van der Waals surface area contributed by atoms with Gasteiger partial charge in [0.15, 0.2) is 17.5 Å². The second-order valence-electron chi connectivity index (χ2n) is 6.73. The first-order chi connectivity index (χ1) is 13.7. The molecule has 0 radical (unpaired) electrons. The number of hydrogen-bond donors (Lipinski definition) is 2. The van der Waals surface area contributed by atoms with Crippen LogP contribution in [-0.2, 0) is 13.1 Å². The number of aliphatic imine (C=N–C) groups is 1. The molecular weight excluding hydrogens is 483 g/mol. The van der Waals surface area contributed by atoms with E-state index in [1.807, 2.05) is 30.3 Å². The van der Waals surface area contributed by atoms with Crippen LogP contribution in [0, 0.1) is 5.92 Å². The van der Waals surface area contributed by atoms with Gasteiger partial charge >= 0.3 is 0 Å². The molecule has 1 aromatic carbocycles. The van der Waals surface area contributed by atoms with Gasteiger partial charge in [-0.2, -0.15) is 0 Å². The van der Waals surface area contributed by atoms with Crippen molar-refractivity contribution in [3.63, 3.8) is 0 Å². The summed E-state index contributed by atoms with van der Waals surface area (Å²) >= 11 is 0. The van der Waals surface area contributed by atoms with Crippen LogP contribution < -0.4 is 24.8 Å². The molecule has 0 saturated heterocycles. The molecule has 1 aliphatic carbocycles. The predicted molar refractivity (Wildman–Crippen MR) is 124 cm³/mol. The summed E-state index contributed by atoms with van der Waals surface area (Å²) in [5, 5.41) is 6.61. The summed E-state index contributed by atoms with van der Waals surface area (Å²) in [4.78, 5) is 8.55. The Bertz CT molecular complexity index is 812. The van der Waals surface area contributed by atoms with E-state index in [9.17, 15) is 0 Å². The molecule has 0 unspecified atom stereocenters. The van der Waals surface area contributed by atoms with Gasteiger partial charge in [-0.3, -0.25) is 4.99 Å². The van der Waals surface area contributed by atoms with Crippen molar-refractivity contribution in [1.82, 2.24) is 15.6 Å². The maximum Gasteiger partial charge on any atom is 0.213 e. The van der Waals surface area contributed by atoms with Gasteiger partial charge in [0.25, 0.3) is 0 Å². The fourth-order valence-corrected chi connectivity index (χ4v) is 2.71. The smallest absolute Gasteiger partial charge is 0.213 e. The van der Waals surface area contributed by atoms with Crippen molar-refractivity contribution in [1.29, 1.82) is 0 Å². The molecule has 7 nitrogen and oxygen atoms in total. The maximum atomic E-state index is 5.74. The minimum Gasteiger partial charge on any atom is -0.493 e. The van der Waals surface area contributed by atoms with Gasteiger partial charge < -0.3 is 24.8 Å². The van der Waals surface area contributed by atoms with Crippen LogP contribution in [-0.4, -0.2) is 38.8 Å². The molecule has 158 valence electrons. The minimum atomic E-state index is 0. The number of pyridine rings is 1. The van der Waals surface area contributed by atoms with Gasteiger partial charge in [0.1, 0.15) is 0 Å². The van der Waals surface area contributed by atoms with Crippen molar-refractivity contribution in [2.75, 3.05) is 27.9 Å². The Kier molecular flexibility index (Phi) is 9.30. The lowest BCUT2D eigenvalue weighted by Gasteiger charge is -2.14. The molecule has 0 aliphatic heterocycles. The number of methoxy groups -OCH3 is 2. The van der Waals surface area contributed by atoms with E-state index >= 15 is 0 Å². The van der Waals surface area contributed by atoms with Crippen LogP contribution >= 0.6 is 24.0 Å². The zero-order chi connectivity index (χ0) is 19.8. The van der Waals surface area contributed by atoms with E-state index < -0.39 is 0 Å². The molecule has 29 heavy (non-hydrogen) atoms. The Balaban J connectivity index is 0.00000300. The third-order valence-corrected chi connectivity index (χ3v) is 4.55. The van der Waals surface area contributed by atoms with E-state index in [-0.39, 0.29) is 24.0 Å². The van der Waals surface area contributed by atoms with Crippen LogP contribution in [0.2, 0.25) is 0 Å². The summed E-state index contributed by atoms with van der Waals surface area (Å²) in [6.45, 7) is 2.01. The average molecular weight is 512 g/mol. The number of guanidine groups is 1. The van der Waals surface area contributed by atoms with Crippen molar-refractivity contribution in [2.24, 2.45) is 10.9 Å². The number of aromatic nitrogens is 1. The van der Waals surface area contributed by atoms with E-state index in [0.717, 1.165) is 17.7 Å². The molecule has 0 bridgehead atoms. The Morgan fingerprint density at radius 3 is 2.34 bits per heavy atom. The topological polar surface area (TPSA) is 77.0 Å². The van der Waals surface area contributed by atoms with E-state index in [2.05, 4.69) is 20.6 Å². The summed E-state index contributed by atoms with van der Waals surface area (Å²) in [6.07, 6.45) is 4.31. The lowest BCUT2D eigenvalue weighted by Crippen LogP contribution is -2.36. The lowest BCUT2D eigenvalue weighted by molar-refractivity contribution is 0.288. The summed E-state index contributed by atoms with van der Waals surface area (Å²) in [5.74, 6) is 3.53. The molecule has 3 rings (SSSR count). The highest BCUT2D eigenvalue weighted by molar-refractivity contribution is 14.0. The molecule has 1 aromatic heterocycles. The van der Waals surface area contributed by atoms with Gasteiger partial charge in [0, 0.05) is 32.4 Å². The second kappa shape index (κ2) is 11.7. The maximum absolute atomic E-state index is 5.74. The first kappa shape index (κ1) is 23.1. The summed E-state index contributed by atoms with van der Waals surface area (Å²) in [5.41, 5.74) is 2.16. The second-order valence-corrected chi connectivity index (χ2v) is 6.73. The number of rotatable bonds is 9. The Morgan fingerprint density at radius 1 is 1.03 bits per heavy atom. The Labute approximate surface area is 189 Å². The average Bonchev–Trinajstić information content (AvgIpc) is 3.57. The third-order valence-electron chi connectivity index (χ3n) is 4.55. The van der Waals surface area contributed by atoms with Gasteiger partial charge in [-0.05, 0) is 48.1 Å². The van der Waals surface area contributed by atoms with E-state index in [1.54, 1.807) is 27.5 Å². The van der Waals surface area contributed by atoms with Crippen LogP contribution in [0.25, 0.3) is 0 Å². The van der Waals surface area contributed by atoms with Gasteiger partial charge in [-0.25, -0.2) is 4.98 Å². The number of benzene rings is 1. The largest absolute Gasteiger partial charge is 0.493 e. The van der Waals surface area contributed by atoms with Gasteiger partial charge in [0.05, 0.1) is 20.8 Å². The summed E-state index contributed by atoms with van der Waals surface area (Å²) in [6, 6.07) is 9.78. The standard InChI is InChI=1S/C21H28N4O3.HI/c1-22-21(24-12-16-6-7-18(26-2)19(10-16)27-3)25-13-17-8-9-23-20(11-17)28-14-15-4-5-15;/h6-11,15H,4-5,12-14H2,1-3H3,(H2,22,24,25);1H. The van der Waals surface area contributed by atoms with Crippen molar-refractivity contribution < 1.29 is 14.2 Å². The number of nitrogens with zero attached hydrogens (tertiary/aromatic N) is 2. The van der Waals surface area contributed by atoms with Crippen molar-refractivity contribution in [2.45, 2.75) is 25.9 Å². The molecule has 8 heteroatoms. The lowest BCUT2D eigenvalue weighted by atomic mass is 10.2. The molecule has 1 saturated carbocycles. The van der Waals surface area contributed by atoms with Crippen LogP contribution in [0.3, 0.4) is 0 Å². The minimum absolute atomic E-state index is 0. The van der Waals surface area contributed by atoms with Crippen molar-refractivity contribution in [3.8, 4) is 17.4 Å². The zero-order valence-electron chi connectivity index (χ0n) is 17.1. The molecular formula is C21H29IN4O3. The zero-order valence-corrected chi connectivity index (χ0v) is 19.4. The highest BCUT2D eigenvalue weighted by Gasteiger charge is 2.22. The number of ether oxygens (including phenoxy) is 3. The van der Waals surface area contributed by atoms with E-state index in [4.69, 9.17) is 14.2 Å². The quantitative estimate of drug-likeness (QED) is 0.305. The fraction of sp³-hybridized carbons (Fsp3) is 0.429. The summed E-state index contributed by atoms with van der Waals surface area (Å²) < 4.78 is 16.4. The normalized spacial score (nSPS) is 13.3. The van der Waals surface area contributed by atoms with Gasteiger partial charge in [-0.15, -0.1) is 24.0 Å². The number of nitrogens with one attached hydrogen (secondary N) is 2. The molecule has 0 spiro atoms. The molecule has 2 aromatic rings. The summed E-state index contributed by atoms with van der Waals surface area (Å²) in [7, 11) is 5.01. The molecule has 1 aliphatic rings. The van der Waals surface area contributed by atoms with Crippen molar-refractivity contribution in [3.05, 3.63) is 47.7 Å². The van der Waals surface area contributed by atoms with Crippen LogP contribution in [0.1, 0.15) is 24.0 Å². The highest BCUT2D eigenvalue weighted by atomic mass is 127. The first-order valence-corrected chi connectivity index (χ1v) is 9.45. The third kappa shape index (κ3) is 7.26. The monoisotopic (exact) mass is 512 g/mol. The van der Waals surface area contributed by atoms with E-state index in [1.165, 1.54) is 12.8 Å². The molecule has 1 heterocycles. The van der Waals surface area contributed by atoms with Crippen molar-refractivity contribution >= 4 is 29.9 Å². The molecule has 0 amide bonds. The first-order valence-electron chi connectivity index (χ1n) is 9.45. The van der Waals surface area contributed by atoms with Gasteiger partial charge in [0.2, 0.25) is 5.88 Å². The molecule has 1 fully saturated rings. The van der Waals surface area contributed by atoms with Crippen LogP contribution in [0.4, 0.5) is 0 Å². The van der Waals surface area contributed by atoms with Crippen LogP contribution in [0.5, 0.6) is 17.4 Å². The Hall–Kier alpha value is -2.23. The van der Waals surface area contributed by atoms with Crippen LogP contribution in [0.15, 0.2) is 41.5 Å². The predicted octanol–water partition coefficient (Wildman–Crippen LogP) is 3.37. The molecule has 0 atom stereocenters. The molecule has 2 N–H and O–H groups in total. The highest BCUT2D eigenvalue weighted by Crippen LogP contribution is 2.29. The SMILES string of the molecule is CN=C(NCc1ccnc(OCC2CC2)c1)NCc1ccc(OC)c(OC)c1.I. The fourth-order valence-electron chi connectivity index (χ4n) is 2.71. The Morgan fingerprint density at radius 2 is 1.72 bits per heavy atom. The van der Waals surface area contributed by atoms with E-state index in [0.29, 0.717) is 42.3 Å². The number of halogens is 1. The van der Waals surface area contributed by atoms with Gasteiger partial charge in [-0.1, -0.05) is 6.07 Å². The number of hydrogen-bond acceptors (Lipinski definition) is 5.